The highest BCUT2D eigenvalue weighted by molar-refractivity contribution is 7.90. The first kappa shape index (κ1) is 18.9. The molecule has 0 aliphatic heterocycles. The van der Waals surface area contributed by atoms with Gasteiger partial charge in [-0.1, -0.05) is 23.4 Å². The molecule has 0 saturated carbocycles. The molecule has 1 heterocycles. The molecule has 7 heteroatoms. The van der Waals surface area contributed by atoms with Crippen molar-refractivity contribution < 1.29 is 14.2 Å². The predicted molar refractivity (Wildman–Crippen MR) is 94.4 cm³/mol. The molecule has 1 aromatic heterocycles. The highest BCUT2D eigenvalue weighted by atomic mass is 32.2. The van der Waals surface area contributed by atoms with Gasteiger partial charge in [0.05, 0.1) is 6.04 Å². The molecular weight excluding hydrogens is 326 g/mol. The molecule has 2 aromatic rings. The van der Waals surface area contributed by atoms with Crippen molar-refractivity contribution in [2.75, 3.05) is 0 Å². The Kier molecular flexibility index (Phi) is 5.39. The zero-order valence-corrected chi connectivity index (χ0v) is 15.8. The second kappa shape index (κ2) is 6.84. The molecule has 0 fully saturated rings. The Morgan fingerprint density at radius 1 is 1.25 bits per heavy atom. The van der Waals surface area contributed by atoms with E-state index >= 15 is 0 Å². The summed E-state index contributed by atoms with van der Waals surface area (Å²) in [4.78, 5) is 4.24. The van der Waals surface area contributed by atoms with Crippen LogP contribution in [0.3, 0.4) is 0 Å². The summed E-state index contributed by atoms with van der Waals surface area (Å²) in [6, 6.07) is 7.55. The van der Waals surface area contributed by atoms with Gasteiger partial charge in [-0.05, 0) is 53.2 Å². The van der Waals surface area contributed by atoms with Gasteiger partial charge < -0.3 is 14.2 Å². The lowest BCUT2D eigenvalue weighted by Gasteiger charge is -2.26. The minimum absolute atomic E-state index is 0.0920. The molecule has 0 bridgehead atoms. The van der Waals surface area contributed by atoms with E-state index in [1.807, 2.05) is 52.0 Å². The summed E-state index contributed by atoms with van der Waals surface area (Å²) in [6.07, 6.45) is 0. The van der Waals surface area contributed by atoms with E-state index in [0.29, 0.717) is 5.82 Å². The molecule has 0 spiro atoms. The van der Waals surface area contributed by atoms with Gasteiger partial charge in [-0.15, -0.1) is 4.72 Å². The van der Waals surface area contributed by atoms with Crippen molar-refractivity contribution in [3.63, 3.8) is 0 Å². The van der Waals surface area contributed by atoms with E-state index < -0.39 is 17.0 Å². The SMILES string of the molecule is C[C@H](N[S@+]([O-])C(C)(C)C)c1cccc(-c2noc(C(C)(C)O)n2)c1. The van der Waals surface area contributed by atoms with Crippen LogP contribution in [0.4, 0.5) is 0 Å². The lowest BCUT2D eigenvalue weighted by molar-refractivity contribution is 0.0420. The van der Waals surface area contributed by atoms with Gasteiger partial charge in [-0.25, -0.2) is 0 Å². The maximum absolute atomic E-state index is 12.2. The van der Waals surface area contributed by atoms with E-state index in [-0.39, 0.29) is 16.7 Å². The fraction of sp³-hybridized carbons (Fsp3) is 0.529. The van der Waals surface area contributed by atoms with E-state index in [2.05, 4.69) is 14.9 Å². The predicted octanol–water partition coefficient (Wildman–Crippen LogP) is 3.08. The Balaban J connectivity index is 2.21. The van der Waals surface area contributed by atoms with Crippen molar-refractivity contribution in [3.8, 4) is 11.4 Å². The number of aromatic nitrogens is 2. The van der Waals surface area contributed by atoms with Crippen LogP contribution >= 0.6 is 0 Å². The van der Waals surface area contributed by atoms with Crippen LogP contribution in [0.25, 0.3) is 11.4 Å². The van der Waals surface area contributed by atoms with Crippen LogP contribution in [0.2, 0.25) is 0 Å². The normalized spacial score (nSPS) is 15.3. The zero-order chi connectivity index (χ0) is 18.1. The monoisotopic (exact) mass is 351 g/mol. The van der Waals surface area contributed by atoms with Crippen molar-refractivity contribution in [1.82, 2.24) is 14.9 Å². The fourth-order valence-electron chi connectivity index (χ4n) is 1.94. The van der Waals surface area contributed by atoms with Gasteiger partial charge in [0, 0.05) is 16.9 Å². The van der Waals surface area contributed by atoms with Crippen molar-refractivity contribution in [3.05, 3.63) is 35.7 Å². The third-order valence-electron chi connectivity index (χ3n) is 3.43. The minimum atomic E-state index is -1.18. The van der Waals surface area contributed by atoms with E-state index in [4.69, 9.17) is 4.52 Å². The standard InChI is InChI=1S/C17H25N3O3S/c1-11(20-24(22)16(2,3)4)12-8-7-9-13(10-12)14-18-15(23-19-14)17(5,6)21/h7-11,20-21H,1-6H3/t11-,24+/m0/s1. The zero-order valence-electron chi connectivity index (χ0n) is 15.0. The number of hydrogen-bond acceptors (Lipinski definition) is 6. The molecule has 0 aliphatic carbocycles. The highest BCUT2D eigenvalue weighted by Gasteiger charge is 2.28. The third-order valence-corrected chi connectivity index (χ3v) is 5.11. The van der Waals surface area contributed by atoms with Gasteiger partial charge in [0.1, 0.15) is 10.3 Å². The molecule has 132 valence electrons. The molecule has 0 amide bonds. The van der Waals surface area contributed by atoms with Crippen LogP contribution < -0.4 is 4.72 Å². The lowest BCUT2D eigenvalue weighted by atomic mass is 10.1. The van der Waals surface area contributed by atoms with Gasteiger partial charge in [-0.3, -0.25) is 0 Å². The van der Waals surface area contributed by atoms with E-state index in [9.17, 15) is 9.66 Å². The summed E-state index contributed by atoms with van der Waals surface area (Å²) in [6.45, 7) is 10.9. The first-order valence-electron chi connectivity index (χ1n) is 7.83. The molecule has 0 radical (unpaired) electrons. The van der Waals surface area contributed by atoms with Gasteiger partial charge in [0.25, 0.3) is 5.89 Å². The average molecular weight is 351 g/mol. The quantitative estimate of drug-likeness (QED) is 0.804. The van der Waals surface area contributed by atoms with E-state index in [1.165, 1.54) is 0 Å². The second-order valence-corrected chi connectivity index (χ2v) is 9.33. The molecule has 2 N–H and O–H groups in total. The molecule has 2 rings (SSSR count). The lowest BCUT2D eigenvalue weighted by Crippen LogP contribution is -2.40. The molecule has 1 aromatic carbocycles. The largest absolute Gasteiger partial charge is 0.598 e. The van der Waals surface area contributed by atoms with Crippen LogP contribution in [-0.2, 0) is 17.0 Å². The van der Waals surface area contributed by atoms with Gasteiger partial charge >= 0.3 is 0 Å². The number of benzene rings is 1. The number of rotatable bonds is 5. The number of hydrogen-bond donors (Lipinski definition) is 2. The molecule has 0 unspecified atom stereocenters. The van der Waals surface area contributed by atoms with Gasteiger partial charge in [0.15, 0.2) is 0 Å². The molecule has 6 nitrogen and oxygen atoms in total. The van der Waals surface area contributed by atoms with Crippen LogP contribution in [0.15, 0.2) is 28.8 Å². The molecular formula is C17H25N3O3S. The first-order chi connectivity index (χ1) is 11.0. The summed E-state index contributed by atoms with van der Waals surface area (Å²) in [5.41, 5.74) is 0.572. The Morgan fingerprint density at radius 2 is 1.92 bits per heavy atom. The Bertz CT molecular complexity index is 689. The van der Waals surface area contributed by atoms with E-state index in [1.54, 1.807) is 13.8 Å². The molecule has 2 atom stereocenters. The smallest absolute Gasteiger partial charge is 0.258 e. The van der Waals surface area contributed by atoms with Crippen LogP contribution in [0.1, 0.15) is 59.0 Å². The summed E-state index contributed by atoms with van der Waals surface area (Å²) >= 11 is -1.16. The second-order valence-electron chi connectivity index (χ2n) is 7.33. The van der Waals surface area contributed by atoms with Crippen LogP contribution in [0, 0.1) is 0 Å². The van der Waals surface area contributed by atoms with Gasteiger partial charge in [0.2, 0.25) is 5.82 Å². The maximum atomic E-state index is 12.2. The average Bonchev–Trinajstić information content (AvgIpc) is 2.96. The molecule has 0 saturated heterocycles. The summed E-state index contributed by atoms with van der Waals surface area (Å²) < 4.78 is 20.1. The Labute approximate surface area is 146 Å². The third kappa shape index (κ3) is 4.57. The number of nitrogens with zero attached hydrogens (tertiary/aromatic N) is 2. The van der Waals surface area contributed by atoms with Crippen LogP contribution in [-0.4, -0.2) is 24.5 Å². The first-order valence-corrected chi connectivity index (χ1v) is 8.98. The Hall–Kier alpha value is -1.41. The number of nitrogens with one attached hydrogen (secondary N) is 1. The minimum Gasteiger partial charge on any atom is -0.598 e. The summed E-state index contributed by atoms with van der Waals surface area (Å²) in [5, 5.41) is 13.9. The Morgan fingerprint density at radius 3 is 2.46 bits per heavy atom. The number of aliphatic hydroxyl groups is 1. The van der Waals surface area contributed by atoms with Crippen molar-refractivity contribution in [2.45, 2.75) is 57.9 Å². The van der Waals surface area contributed by atoms with Crippen LogP contribution in [0.5, 0.6) is 0 Å². The van der Waals surface area contributed by atoms with E-state index in [0.717, 1.165) is 11.1 Å². The molecule has 24 heavy (non-hydrogen) atoms. The fourth-order valence-corrected chi connectivity index (χ4v) is 2.75. The summed E-state index contributed by atoms with van der Waals surface area (Å²) in [7, 11) is 0. The van der Waals surface area contributed by atoms with Crippen molar-refractivity contribution in [1.29, 1.82) is 0 Å². The topological polar surface area (TPSA) is 94.2 Å². The van der Waals surface area contributed by atoms with Crippen molar-refractivity contribution >= 4 is 11.4 Å². The van der Waals surface area contributed by atoms with Gasteiger partial charge in [-0.2, -0.15) is 4.98 Å². The van der Waals surface area contributed by atoms with Crippen molar-refractivity contribution in [2.24, 2.45) is 0 Å². The molecule has 0 aliphatic rings. The highest BCUT2D eigenvalue weighted by Crippen LogP contribution is 2.25. The maximum Gasteiger partial charge on any atom is 0.258 e. The summed E-state index contributed by atoms with van der Waals surface area (Å²) in [5.74, 6) is 0.584.